The van der Waals surface area contributed by atoms with E-state index in [2.05, 4.69) is 0 Å². The average molecular weight is 378 g/mol. The van der Waals surface area contributed by atoms with Crippen molar-refractivity contribution < 1.29 is 32.6 Å². The van der Waals surface area contributed by atoms with Crippen LogP contribution in [0.25, 0.3) is 11.1 Å². The van der Waals surface area contributed by atoms with Crippen molar-refractivity contribution in [2.75, 3.05) is 0 Å². The number of ether oxygens (including phenoxy) is 1. The van der Waals surface area contributed by atoms with Crippen molar-refractivity contribution in [3.8, 4) is 16.9 Å². The van der Waals surface area contributed by atoms with Crippen LogP contribution in [0.2, 0.25) is 0 Å². The summed E-state index contributed by atoms with van der Waals surface area (Å²) in [7, 11) is 0. The van der Waals surface area contributed by atoms with Crippen LogP contribution in [0.5, 0.6) is 5.75 Å². The number of hydrogen-bond acceptors (Lipinski definition) is 3. The highest BCUT2D eigenvalue weighted by Crippen LogP contribution is 2.34. The first-order valence-electron chi connectivity index (χ1n) is 8.24. The lowest BCUT2D eigenvalue weighted by Crippen LogP contribution is -2.07. The zero-order valence-corrected chi connectivity index (χ0v) is 14.5. The standard InChI is InChI=1S/C20H17F3O4/c1-2-3-4-5-6-17(24)27-16-10-7-12(20(25)26)11-14(16)13-8-9-15(21)19(23)18(13)22/h5-11H,2-4H2,1H3,(H,25,26). The highest BCUT2D eigenvalue weighted by atomic mass is 19.2. The largest absolute Gasteiger partial charge is 0.478 e. The van der Waals surface area contributed by atoms with Gasteiger partial charge in [0.2, 0.25) is 0 Å². The van der Waals surface area contributed by atoms with E-state index in [1.807, 2.05) is 6.92 Å². The fourth-order valence-corrected chi connectivity index (χ4v) is 2.34. The first-order chi connectivity index (χ1) is 12.8. The number of carboxylic acid groups (broad SMARTS) is 1. The SMILES string of the molecule is CCCCC=CC(=O)Oc1ccc(C(=O)O)cc1-c1ccc(F)c(F)c1F. The minimum atomic E-state index is -1.70. The molecule has 0 spiro atoms. The Morgan fingerprint density at radius 1 is 1.07 bits per heavy atom. The molecule has 0 fully saturated rings. The van der Waals surface area contributed by atoms with Crippen LogP contribution in [-0.4, -0.2) is 17.0 Å². The Morgan fingerprint density at radius 2 is 1.81 bits per heavy atom. The van der Waals surface area contributed by atoms with Crippen molar-refractivity contribution in [2.45, 2.75) is 26.2 Å². The van der Waals surface area contributed by atoms with Gasteiger partial charge in [-0.15, -0.1) is 0 Å². The van der Waals surface area contributed by atoms with Crippen molar-refractivity contribution in [1.82, 2.24) is 0 Å². The second-order valence-corrected chi connectivity index (χ2v) is 5.70. The number of benzene rings is 2. The minimum absolute atomic E-state index is 0.171. The second kappa shape index (κ2) is 9.02. The molecule has 0 aromatic heterocycles. The first-order valence-corrected chi connectivity index (χ1v) is 8.24. The quantitative estimate of drug-likeness (QED) is 0.239. The maximum Gasteiger partial charge on any atom is 0.335 e. The Labute approximate surface area is 153 Å². The minimum Gasteiger partial charge on any atom is -0.478 e. The Bertz CT molecular complexity index is 891. The molecule has 0 unspecified atom stereocenters. The third-order valence-corrected chi connectivity index (χ3v) is 3.74. The van der Waals surface area contributed by atoms with Crippen LogP contribution < -0.4 is 4.74 Å². The molecule has 2 aromatic rings. The van der Waals surface area contributed by atoms with Gasteiger partial charge in [-0.25, -0.2) is 22.8 Å². The Balaban J connectivity index is 2.44. The highest BCUT2D eigenvalue weighted by Gasteiger charge is 2.20. The number of carboxylic acids is 1. The fourth-order valence-electron chi connectivity index (χ4n) is 2.34. The Hall–Kier alpha value is -3.09. The summed E-state index contributed by atoms with van der Waals surface area (Å²) < 4.78 is 46.1. The van der Waals surface area contributed by atoms with E-state index < -0.39 is 35.0 Å². The van der Waals surface area contributed by atoms with Gasteiger partial charge >= 0.3 is 11.9 Å². The van der Waals surface area contributed by atoms with Crippen molar-refractivity contribution in [2.24, 2.45) is 0 Å². The van der Waals surface area contributed by atoms with Crippen molar-refractivity contribution >= 4 is 11.9 Å². The maximum atomic E-state index is 14.2. The van der Waals surface area contributed by atoms with E-state index in [0.717, 1.165) is 37.1 Å². The molecule has 0 saturated carbocycles. The van der Waals surface area contributed by atoms with E-state index in [0.29, 0.717) is 12.5 Å². The lowest BCUT2D eigenvalue weighted by Gasteiger charge is -2.12. The average Bonchev–Trinajstić information content (AvgIpc) is 2.64. The van der Waals surface area contributed by atoms with Gasteiger partial charge < -0.3 is 9.84 Å². The smallest absolute Gasteiger partial charge is 0.335 e. The first kappa shape index (κ1) is 20.2. The van der Waals surface area contributed by atoms with Crippen LogP contribution in [0.3, 0.4) is 0 Å². The summed E-state index contributed by atoms with van der Waals surface area (Å²) in [5, 5.41) is 9.12. The van der Waals surface area contributed by atoms with Crippen molar-refractivity contribution in [1.29, 1.82) is 0 Å². The summed E-state index contributed by atoms with van der Waals surface area (Å²) in [6.07, 6.45) is 5.34. The number of aromatic carboxylic acids is 1. The molecule has 2 rings (SSSR count). The van der Waals surface area contributed by atoms with Crippen LogP contribution >= 0.6 is 0 Å². The zero-order chi connectivity index (χ0) is 20.0. The molecule has 0 saturated heterocycles. The van der Waals surface area contributed by atoms with Crippen LogP contribution in [-0.2, 0) is 4.79 Å². The summed E-state index contributed by atoms with van der Waals surface area (Å²) in [4.78, 5) is 23.1. The van der Waals surface area contributed by atoms with E-state index in [9.17, 15) is 22.8 Å². The maximum absolute atomic E-state index is 14.2. The molecule has 2 aromatic carbocycles. The van der Waals surface area contributed by atoms with Gasteiger partial charge in [0.15, 0.2) is 17.5 Å². The number of unbranched alkanes of at least 4 members (excludes halogenated alkanes) is 2. The summed E-state index contributed by atoms with van der Waals surface area (Å²) in [5.41, 5.74) is -0.830. The molecule has 0 atom stereocenters. The summed E-state index contributed by atoms with van der Waals surface area (Å²) in [5.74, 6) is -6.83. The van der Waals surface area contributed by atoms with E-state index in [4.69, 9.17) is 9.84 Å². The molecule has 7 heteroatoms. The van der Waals surface area contributed by atoms with E-state index in [1.54, 1.807) is 6.08 Å². The third-order valence-electron chi connectivity index (χ3n) is 3.74. The molecule has 4 nitrogen and oxygen atoms in total. The summed E-state index contributed by atoms with van der Waals surface area (Å²) >= 11 is 0. The predicted molar refractivity (Wildman–Crippen MR) is 93.0 cm³/mol. The number of esters is 1. The number of carbonyl (C=O) groups excluding carboxylic acids is 1. The van der Waals surface area contributed by atoms with E-state index in [-0.39, 0.29) is 16.9 Å². The lowest BCUT2D eigenvalue weighted by molar-refractivity contribution is -0.128. The van der Waals surface area contributed by atoms with Gasteiger partial charge in [-0.3, -0.25) is 0 Å². The van der Waals surface area contributed by atoms with Gasteiger partial charge in [0.05, 0.1) is 5.56 Å². The van der Waals surface area contributed by atoms with Crippen LogP contribution in [0, 0.1) is 17.5 Å². The molecule has 1 N–H and O–H groups in total. The van der Waals surface area contributed by atoms with Gasteiger partial charge in [-0.05, 0) is 36.8 Å². The topological polar surface area (TPSA) is 63.6 Å². The fraction of sp³-hybridized carbons (Fsp3) is 0.200. The molecule has 0 aliphatic rings. The number of allylic oxidation sites excluding steroid dienone is 1. The predicted octanol–water partition coefficient (Wildman–Crippen LogP) is 5.12. The van der Waals surface area contributed by atoms with Crippen LogP contribution in [0.15, 0.2) is 42.5 Å². The molecule has 0 heterocycles. The number of carbonyl (C=O) groups is 2. The zero-order valence-electron chi connectivity index (χ0n) is 14.5. The van der Waals surface area contributed by atoms with Gasteiger partial charge in [-0.2, -0.15) is 0 Å². The molecule has 0 amide bonds. The summed E-state index contributed by atoms with van der Waals surface area (Å²) in [6, 6.07) is 5.01. The lowest BCUT2D eigenvalue weighted by atomic mass is 10.0. The molecular weight excluding hydrogens is 361 g/mol. The van der Waals surface area contributed by atoms with Crippen LogP contribution in [0.4, 0.5) is 13.2 Å². The molecule has 27 heavy (non-hydrogen) atoms. The Morgan fingerprint density at radius 3 is 2.48 bits per heavy atom. The van der Waals surface area contributed by atoms with Crippen molar-refractivity contribution in [3.63, 3.8) is 0 Å². The molecule has 0 aliphatic carbocycles. The normalized spacial score (nSPS) is 11.0. The third kappa shape index (κ3) is 4.97. The van der Waals surface area contributed by atoms with E-state index >= 15 is 0 Å². The molecule has 0 radical (unpaired) electrons. The molecular formula is C20H17F3O4. The van der Waals surface area contributed by atoms with Crippen LogP contribution in [0.1, 0.15) is 36.5 Å². The highest BCUT2D eigenvalue weighted by molar-refractivity contribution is 5.92. The van der Waals surface area contributed by atoms with Crippen molar-refractivity contribution in [3.05, 3.63) is 65.5 Å². The second-order valence-electron chi connectivity index (χ2n) is 5.70. The number of halogens is 3. The Kier molecular flexibility index (Phi) is 6.76. The monoisotopic (exact) mass is 378 g/mol. The van der Waals surface area contributed by atoms with Gasteiger partial charge in [0.25, 0.3) is 0 Å². The molecule has 0 bridgehead atoms. The van der Waals surface area contributed by atoms with Gasteiger partial charge in [0.1, 0.15) is 5.75 Å². The van der Waals surface area contributed by atoms with E-state index in [1.165, 1.54) is 6.08 Å². The molecule has 0 aliphatic heterocycles. The molecule has 142 valence electrons. The van der Waals surface area contributed by atoms with Gasteiger partial charge in [-0.1, -0.05) is 25.8 Å². The number of rotatable bonds is 7. The van der Waals surface area contributed by atoms with Gasteiger partial charge in [0, 0.05) is 17.2 Å². The summed E-state index contributed by atoms with van der Waals surface area (Å²) in [6.45, 7) is 2.00. The number of hydrogen-bond donors (Lipinski definition) is 1.